The largest absolute Gasteiger partial charge is 0.384 e. The average Bonchev–Trinajstić information content (AvgIpc) is 2.76. The molecule has 0 unspecified atom stereocenters. The van der Waals surface area contributed by atoms with Crippen LogP contribution in [0.1, 0.15) is 55.9 Å². The Morgan fingerprint density at radius 1 is 1.30 bits per heavy atom. The fraction of sp³-hybridized carbons (Fsp3) is 0.625. The maximum absolute atomic E-state index is 12.5. The van der Waals surface area contributed by atoms with Gasteiger partial charge in [0.2, 0.25) is 0 Å². The standard InChI is InChI=1S/C16H25N3O/c1-3-17-13-10-11-15(18-12-13)16(20)19(2)14-8-6-4-5-7-9-14/h10-12,14,17H,3-9H2,1-2H3. The maximum atomic E-state index is 12.5. The van der Waals surface area contributed by atoms with Gasteiger partial charge < -0.3 is 10.2 Å². The number of nitrogens with one attached hydrogen (secondary N) is 1. The van der Waals surface area contributed by atoms with E-state index in [2.05, 4.69) is 10.3 Å². The van der Waals surface area contributed by atoms with Crippen LogP contribution in [0, 0.1) is 0 Å². The first kappa shape index (κ1) is 14.8. The van der Waals surface area contributed by atoms with Crippen molar-refractivity contribution < 1.29 is 4.79 Å². The molecule has 1 N–H and O–H groups in total. The second-order valence-electron chi connectivity index (χ2n) is 5.52. The molecule has 1 aliphatic carbocycles. The Hall–Kier alpha value is -1.58. The molecule has 0 aromatic carbocycles. The van der Waals surface area contributed by atoms with E-state index in [1.54, 1.807) is 6.20 Å². The summed E-state index contributed by atoms with van der Waals surface area (Å²) in [5, 5.41) is 3.19. The van der Waals surface area contributed by atoms with Crippen molar-refractivity contribution in [3.05, 3.63) is 24.0 Å². The van der Waals surface area contributed by atoms with Gasteiger partial charge in [-0.3, -0.25) is 4.79 Å². The molecule has 1 aliphatic rings. The highest BCUT2D eigenvalue weighted by atomic mass is 16.2. The summed E-state index contributed by atoms with van der Waals surface area (Å²) >= 11 is 0. The van der Waals surface area contributed by atoms with Crippen LogP contribution in [0.15, 0.2) is 18.3 Å². The van der Waals surface area contributed by atoms with Crippen LogP contribution in [0.25, 0.3) is 0 Å². The number of hydrogen-bond donors (Lipinski definition) is 1. The lowest BCUT2D eigenvalue weighted by atomic mass is 10.1. The molecular weight excluding hydrogens is 250 g/mol. The Bertz CT molecular complexity index is 422. The lowest BCUT2D eigenvalue weighted by molar-refractivity contribution is 0.0712. The molecule has 1 aromatic rings. The Morgan fingerprint density at radius 3 is 2.55 bits per heavy atom. The van der Waals surface area contributed by atoms with Crippen LogP contribution in [0.4, 0.5) is 5.69 Å². The first-order valence-corrected chi connectivity index (χ1v) is 7.69. The van der Waals surface area contributed by atoms with Crippen LogP contribution in [0.5, 0.6) is 0 Å². The third-order valence-corrected chi connectivity index (χ3v) is 4.06. The van der Waals surface area contributed by atoms with Gasteiger partial charge >= 0.3 is 0 Å². The highest BCUT2D eigenvalue weighted by molar-refractivity contribution is 5.92. The number of pyridine rings is 1. The SMILES string of the molecule is CCNc1ccc(C(=O)N(C)C2CCCCCC2)nc1. The molecule has 0 saturated heterocycles. The number of amides is 1. The number of anilines is 1. The van der Waals surface area contributed by atoms with Crippen LogP contribution in [0.3, 0.4) is 0 Å². The molecule has 1 amide bonds. The van der Waals surface area contributed by atoms with Crippen molar-refractivity contribution in [3.63, 3.8) is 0 Å². The van der Waals surface area contributed by atoms with Gasteiger partial charge in [-0.25, -0.2) is 4.98 Å². The fourth-order valence-corrected chi connectivity index (χ4v) is 2.82. The van der Waals surface area contributed by atoms with Crippen molar-refractivity contribution in [2.75, 3.05) is 18.9 Å². The minimum Gasteiger partial charge on any atom is -0.384 e. The van der Waals surface area contributed by atoms with Crippen LogP contribution in [0.2, 0.25) is 0 Å². The molecule has 1 aromatic heterocycles. The van der Waals surface area contributed by atoms with Crippen molar-refractivity contribution in [1.82, 2.24) is 9.88 Å². The van der Waals surface area contributed by atoms with Gasteiger partial charge in [-0.05, 0) is 31.9 Å². The monoisotopic (exact) mass is 275 g/mol. The summed E-state index contributed by atoms with van der Waals surface area (Å²) in [5.74, 6) is 0.0416. The van der Waals surface area contributed by atoms with Gasteiger partial charge in [-0.2, -0.15) is 0 Å². The average molecular weight is 275 g/mol. The maximum Gasteiger partial charge on any atom is 0.272 e. The quantitative estimate of drug-likeness (QED) is 0.857. The van der Waals surface area contributed by atoms with Crippen molar-refractivity contribution >= 4 is 11.6 Å². The predicted molar refractivity (Wildman–Crippen MR) is 82.0 cm³/mol. The fourth-order valence-electron chi connectivity index (χ4n) is 2.82. The van der Waals surface area contributed by atoms with Crippen molar-refractivity contribution in [2.24, 2.45) is 0 Å². The van der Waals surface area contributed by atoms with Crippen LogP contribution in [-0.4, -0.2) is 35.4 Å². The van der Waals surface area contributed by atoms with Crippen molar-refractivity contribution in [3.8, 4) is 0 Å². The topological polar surface area (TPSA) is 45.2 Å². The zero-order valence-electron chi connectivity index (χ0n) is 12.6. The molecule has 0 spiro atoms. The van der Waals surface area contributed by atoms with E-state index in [9.17, 15) is 4.79 Å². The summed E-state index contributed by atoms with van der Waals surface area (Å²) in [7, 11) is 1.91. The highest BCUT2D eigenvalue weighted by Gasteiger charge is 2.22. The summed E-state index contributed by atoms with van der Waals surface area (Å²) in [6.07, 6.45) is 9.04. The molecule has 0 aliphatic heterocycles. The number of carbonyl (C=O) groups excluding carboxylic acids is 1. The van der Waals surface area contributed by atoms with E-state index < -0.39 is 0 Å². The Morgan fingerprint density at radius 2 is 2.00 bits per heavy atom. The molecule has 0 bridgehead atoms. The zero-order chi connectivity index (χ0) is 14.4. The number of nitrogens with zero attached hydrogens (tertiary/aromatic N) is 2. The van der Waals surface area contributed by atoms with Crippen LogP contribution >= 0.6 is 0 Å². The van der Waals surface area contributed by atoms with Crippen molar-refractivity contribution in [1.29, 1.82) is 0 Å². The van der Waals surface area contributed by atoms with Gasteiger partial charge in [-0.1, -0.05) is 25.7 Å². The second-order valence-corrected chi connectivity index (χ2v) is 5.52. The second kappa shape index (κ2) is 7.27. The normalized spacial score (nSPS) is 16.5. The summed E-state index contributed by atoms with van der Waals surface area (Å²) in [6.45, 7) is 2.90. The molecule has 20 heavy (non-hydrogen) atoms. The minimum atomic E-state index is 0.0416. The lowest BCUT2D eigenvalue weighted by Crippen LogP contribution is -2.37. The summed E-state index contributed by atoms with van der Waals surface area (Å²) < 4.78 is 0. The summed E-state index contributed by atoms with van der Waals surface area (Å²) in [4.78, 5) is 18.6. The summed E-state index contributed by atoms with van der Waals surface area (Å²) in [6, 6.07) is 4.11. The van der Waals surface area contributed by atoms with Gasteiger partial charge in [0, 0.05) is 19.6 Å². The van der Waals surface area contributed by atoms with E-state index in [0.717, 1.165) is 25.1 Å². The third-order valence-electron chi connectivity index (χ3n) is 4.06. The number of aromatic nitrogens is 1. The summed E-state index contributed by atoms with van der Waals surface area (Å²) in [5.41, 5.74) is 1.50. The molecule has 0 atom stereocenters. The molecule has 2 rings (SSSR count). The van der Waals surface area contributed by atoms with E-state index in [1.807, 2.05) is 31.0 Å². The Balaban J connectivity index is 2.01. The molecule has 1 saturated carbocycles. The van der Waals surface area contributed by atoms with Crippen LogP contribution < -0.4 is 5.32 Å². The van der Waals surface area contributed by atoms with E-state index in [-0.39, 0.29) is 5.91 Å². The predicted octanol–water partition coefficient (Wildman–Crippen LogP) is 3.31. The number of hydrogen-bond acceptors (Lipinski definition) is 3. The molecular formula is C16H25N3O. The Kier molecular flexibility index (Phi) is 5.39. The smallest absolute Gasteiger partial charge is 0.272 e. The lowest BCUT2D eigenvalue weighted by Gasteiger charge is -2.27. The van der Waals surface area contributed by atoms with Gasteiger partial charge in [-0.15, -0.1) is 0 Å². The van der Waals surface area contributed by atoms with Gasteiger partial charge in [0.1, 0.15) is 5.69 Å². The van der Waals surface area contributed by atoms with Crippen molar-refractivity contribution in [2.45, 2.75) is 51.5 Å². The van der Waals surface area contributed by atoms with Gasteiger partial charge in [0.25, 0.3) is 5.91 Å². The number of carbonyl (C=O) groups is 1. The van der Waals surface area contributed by atoms with Gasteiger partial charge in [0.05, 0.1) is 11.9 Å². The Labute approximate surface area is 121 Å². The third kappa shape index (κ3) is 3.71. The number of rotatable bonds is 4. The highest BCUT2D eigenvalue weighted by Crippen LogP contribution is 2.22. The van der Waals surface area contributed by atoms with E-state index >= 15 is 0 Å². The van der Waals surface area contributed by atoms with Crippen LogP contribution in [-0.2, 0) is 0 Å². The molecule has 1 heterocycles. The molecule has 1 fully saturated rings. The van der Waals surface area contributed by atoms with E-state index in [1.165, 1.54) is 25.7 Å². The molecule has 110 valence electrons. The first-order chi connectivity index (χ1) is 9.72. The van der Waals surface area contributed by atoms with E-state index in [4.69, 9.17) is 0 Å². The molecule has 4 nitrogen and oxygen atoms in total. The molecule has 4 heteroatoms. The minimum absolute atomic E-state index is 0.0416. The van der Waals surface area contributed by atoms with Gasteiger partial charge in [0.15, 0.2) is 0 Å². The zero-order valence-corrected chi connectivity index (χ0v) is 12.6. The van der Waals surface area contributed by atoms with E-state index in [0.29, 0.717) is 11.7 Å². The first-order valence-electron chi connectivity index (χ1n) is 7.69. The molecule has 0 radical (unpaired) electrons.